The van der Waals surface area contributed by atoms with Gasteiger partial charge in [-0.1, -0.05) is 30.3 Å². The summed E-state index contributed by atoms with van der Waals surface area (Å²) < 4.78 is 4.90. The Morgan fingerprint density at radius 1 is 1.09 bits per heavy atom. The number of nitrogens with one attached hydrogen (secondary N) is 1. The summed E-state index contributed by atoms with van der Waals surface area (Å²) in [5.74, 6) is -0.853. The predicted molar refractivity (Wildman–Crippen MR) is 88.8 cm³/mol. The molecule has 0 radical (unpaired) electrons. The van der Waals surface area contributed by atoms with Gasteiger partial charge in [0, 0.05) is 16.8 Å². The van der Waals surface area contributed by atoms with E-state index in [4.69, 9.17) is 4.74 Å². The van der Waals surface area contributed by atoms with E-state index in [1.165, 1.54) is 0 Å². The van der Waals surface area contributed by atoms with E-state index >= 15 is 0 Å². The Bertz CT molecular complexity index is 784. The monoisotopic (exact) mass is 373 g/mol. The Morgan fingerprint density at radius 3 is 2.30 bits per heavy atom. The molecule has 116 valence electrons. The van der Waals surface area contributed by atoms with Crippen LogP contribution in [0.3, 0.4) is 0 Å². The smallest absolute Gasteiger partial charge is 0.348 e. The van der Waals surface area contributed by atoms with Crippen molar-refractivity contribution in [2.45, 2.75) is 6.29 Å². The molecule has 6 heteroatoms. The number of halogens is 1. The lowest BCUT2D eigenvalue weighted by Gasteiger charge is -2.09. The van der Waals surface area contributed by atoms with E-state index in [0.717, 1.165) is 0 Å². The minimum absolute atomic E-state index is 0.187. The van der Waals surface area contributed by atoms with Gasteiger partial charge >= 0.3 is 5.97 Å². The van der Waals surface area contributed by atoms with Gasteiger partial charge in [0.2, 0.25) is 6.29 Å². The number of anilines is 1. The third kappa shape index (κ3) is 3.18. The zero-order chi connectivity index (χ0) is 16.4. The van der Waals surface area contributed by atoms with Crippen molar-refractivity contribution in [2.24, 2.45) is 0 Å². The van der Waals surface area contributed by atoms with Gasteiger partial charge in [-0.15, -0.1) is 0 Å². The fourth-order valence-corrected chi connectivity index (χ4v) is 2.74. The van der Waals surface area contributed by atoms with Gasteiger partial charge < -0.3 is 15.2 Å². The molecule has 23 heavy (non-hydrogen) atoms. The average molecular weight is 374 g/mol. The Kier molecular flexibility index (Phi) is 4.27. The van der Waals surface area contributed by atoms with E-state index in [-0.39, 0.29) is 10.4 Å². The first-order chi connectivity index (χ1) is 11.1. The number of para-hydroxylation sites is 1. The second-order valence-corrected chi connectivity index (χ2v) is 5.68. The van der Waals surface area contributed by atoms with E-state index < -0.39 is 12.3 Å². The normalized spacial score (nSPS) is 17.1. The number of aliphatic hydroxyl groups is 1. The highest BCUT2D eigenvalue weighted by atomic mass is 79.9. The van der Waals surface area contributed by atoms with Crippen molar-refractivity contribution < 1.29 is 19.4 Å². The molecule has 1 amide bonds. The summed E-state index contributed by atoms with van der Waals surface area (Å²) in [5.41, 5.74) is 2.13. The molecule has 1 atom stereocenters. The second kappa shape index (κ2) is 6.36. The molecule has 0 aromatic heterocycles. The molecule has 2 aromatic rings. The van der Waals surface area contributed by atoms with Gasteiger partial charge in [-0.25, -0.2) is 4.79 Å². The van der Waals surface area contributed by atoms with Crippen LogP contribution in [0, 0.1) is 0 Å². The molecule has 2 N–H and O–H groups in total. The quantitative estimate of drug-likeness (QED) is 0.811. The Hall–Kier alpha value is -2.44. The highest BCUT2D eigenvalue weighted by molar-refractivity contribution is 9.12. The minimum Gasteiger partial charge on any atom is -0.427 e. The van der Waals surface area contributed by atoms with Crippen LogP contribution in [0.15, 0.2) is 59.1 Å². The maximum absolute atomic E-state index is 12.2. The molecule has 0 aliphatic carbocycles. The third-order valence-corrected chi connectivity index (χ3v) is 4.12. The fourth-order valence-electron chi connectivity index (χ4n) is 2.23. The van der Waals surface area contributed by atoms with Crippen molar-refractivity contribution in [3.63, 3.8) is 0 Å². The second-order valence-electron chi connectivity index (χ2n) is 4.88. The molecule has 3 rings (SSSR count). The number of benzene rings is 2. The van der Waals surface area contributed by atoms with Crippen molar-refractivity contribution >= 4 is 39.1 Å². The Morgan fingerprint density at radius 2 is 1.74 bits per heavy atom. The topological polar surface area (TPSA) is 75.6 Å². The molecule has 0 fully saturated rings. The average Bonchev–Trinajstić information content (AvgIpc) is 2.81. The number of carbonyl (C=O) groups is 2. The molecule has 5 nitrogen and oxygen atoms in total. The first-order valence-electron chi connectivity index (χ1n) is 6.82. The number of carbonyl (C=O) groups excluding carboxylic acids is 2. The zero-order valence-corrected chi connectivity index (χ0v) is 13.4. The maximum Gasteiger partial charge on any atom is 0.348 e. The summed E-state index contributed by atoms with van der Waals surface area (Å²) >= 11 is 3.10. The predicted octanol–water partition coefficient (Wildman–Crippen LogP) is 2.92. The fraction of sp³-hybridized carbons (Fsp3) is 0.0588. The molecule has 0 saturated heterocycles. The van der Waals surface area contributed by atoms with Gasteiger partial charge in [-0.05, 0) is 45.8 Å². The molecule has 1 aliphatic heterocycles. The number of ether oxygens (including phenoxy) is 1. The lowest BCUT2D eigenvalue weighted by atomic mass is 10.0. The van der Waals surface area contributed by atoms with Gasteiger partial charge in [0.15, 0.2) is 0 Å². The van der Waals surface area contributed by atoms with Gasteiger partial charge in [0.05, 0.1) is 0 Å². The van der Waals surface area contributed by atoms with E-state index in [0.29, 0.717) is 22.4 Å². The van der Waals surface area contributed by atoms with E-state index in [1.807, 2.05) is 18.2 Å². The van der Waals surface area contributed by atoms with Gasteiger partial charge in [0.25, 0.3) is 5.91 Å². The number of cyclic esters (lactones) is 1. The van der Waals surface area contributed by atoms with E-state index in [1.54, 1.807) is 36.4 Å². The zero-order valence-electron chi connectivity index (χ0n) is 11.8. The number of esters is 1. The number of hydrogen-bond donors (Lipinski definition) is 2. The van der Waals surface area contributed by atoms with Crippen molar-refractivity contribution in [3.05, 3.63) is 70.2 Å². The molecular weight excluding hydrogens is 362 g/mol. The Labute approximate surface area is 140 Å². The first kappa shape index (κ1) is 15.5. The summed E-state index contributed by atoms with van der Waals surface area (Å²) in [6.45, 7) is 0. The van der Waals surface area contributed by atoms with Crippen LogP contribution in [0.2, 0.25) is 0 Å². The van der Waals surface area contributed by atoms with Crippen LogP contribution >= 0.6 is 15.9 Å². The molecule has 1 unspecified atom stereocenters. The lowest BCUT2D eigenvalue weighted by molar-refractivity contribution is -0.149. The minimum atomic E-state index is -1.30. The van der Waals surface area contributed by atoms with Crippen LogP contribution in [-0.4, -0.2) is 23.3 Å². The molecule has 2 aromatic carbocycles. The van der Waals surface area contributed by atoms with Crippen molar-refractivity contribution in [2.75, 3.05) is 5.32 Å². The van der Waals surface area contributed by atoms with Gasteiger partial charge in [-0.3, -0.25) is 4.79 Å². The summed E-state index contributed by atoms with van der Waals surface area (Å²) in [6.07, 6.45) is -1.30. The number of hydrogen-bond acceptors (Lipinski definition) is 4. The van der Waals surface area contributed by atoms with Gasteiger partial charge in [0.1, 0.15) is 4.48 Å². The van der Waals surface area contributed by atoms with E-state index in [2.05, 4.69) is 21.2 Å². The summed E-state index contributed by atoms with van der Waals surface area (Å²) in [6, 6.07) is 15.7. The lowest BCUT2D eigenvalue weighted by Crippen LogP contribution is -2.12. The number of aliphatic hydroxyl groups excluding tert-OH is 1. The number of amides is 1. The Balaban J connectivity index is 1.80. The molecule has 0 saturated carbocycles. The molecule has 0 bridgehead atoms. The SMILES string of the molecule is O=C1OC(O)C(c2ccc(C(=O)Nc3ccccc3)cc2)=C1Br. The molecule has 0 spiro atoms. The van der Waals surface area contributed by atoms with Gasteiger partial charge in [-0.2, -0.15) is 0 Å². The third-order valence-electron chi connectivity index (χ3n) is 3.37. The summed E-state index contributed by atoms with van der Waals surface area (Å²) in [5, 5.41) is 12.5. The summed E-state index contributed by atoms with van der Waals surface area (Å²) in [7, 11) is 0. The first-order valence-corrected chi connectivity index (χ1v) is 7.61. The van der Waals surface area contributed by atoms with Crippen molar-refractivity contribution in [1.29, 1.82) is 0 Å². The van der Waals surface area contributed by atoms with Crippen molar-refractivity contribution in [1.82, 2.24) is 0 Å². The number of rotatable bonds is 3. The van der Waals surface area contributed by atoms with Crippen LogP contribution in [0.1, 0.15) is 15.9 Å². The molecule has 1 aliphatic rings. The molecular formula is C17H12BrNO4. The highest BCUT2D eigenvalue weighted by Gasteiger charge is 2.32. The highest BCUT2D eigenvalue weighted by Crippen LogP contribution is 2.33. The van der Waals surface area contributed by atoms with Crippen LogP contribution in [0.25, 0.3) is 5.57 Å². The maximum atomic E-state index is 12.2. The molecule has 1 heterocycles. The van der Waals surface area contributed by atoms with Crippen LogP contribution in [0.5, 0.6) is 0 Å². The van der Waals surface area contributed by atoms with E-state index in [9.17, 15) is 14.7 Å². The van der Waals surface area contributed by atoms with Crippen LogP contribution < -0.4 is 5.32 Å². The van der Waals surface area contributed by atoms with Crippen LogP contribution in [0.4, 0.5) is 5.69 Å². The van der Waals surface area contributed by atoms with Crippen LogP contribution in [-0.2, 0) is 9.53 Å². The van der Waals surface area contributed by atoms with Crippen molar-refractivity contribution in [3.8, 4) is 0 Å². The summed E-state index contributed by atoms with van der Waals surface area (Å²) in [4.78, 5) is 23.6. The largest absolute Gasteiger partial charge is 0.427 e. The standard InChI is InChI=1S/C17H12BrNO4/c18-14-13(16(21)23-17(14)22)10-6-8-11(9-7-10)15(20)19-12-4-2-1-3-5-12/h1-9,16,21H,(H,19,20).